The van der Waals surface area contributed by atoms with Crippen LogP contribution < -0.4 is 0 Å². The molecule has 2 aromatic carbocycles. The third-order valence-electron chi connectivity index (χ3n) is 3.68. The molecule has 0 spiro atoms. The largest absolute Gasteiger partial charge is 0.366 e. The molecule has 0 amide bonds. The highest BCUT2D eigenvalue weighted by Crippen LogP contribution is 2.53. The van der Waals surface area contributed by atoms with E-state index >= 15 is 0 Å². The van der Waals surface area contributed by atoms with Crippen molar-refractivity contribution < 1.29 is 13.6 Å². The van der Waals surface area contributed by atoms with Crippen LogP contribution in [0.15, 0.2) is 60.7 Å². The maximum absolute atomic E-state index is 12.4. The minimum Gasteiger partial charge on any atom is -0.366 e. The lowest BCUT2D eigenvalue weighted by atomic mass is 9.99. The first-order chi connectivity index (χ1) is 12.6. The second-order valence-electron chi connectivity index (χ2n) is 7.83. The summed E-state index contributed by atoms with van der Waals surface area (Å²) in [6, 6.07) is 20.8. The van der Waals surface area contributed by atoms with Crippen molar-refractivity contribution in [3.05, 3.63) is 60.7 Å². The second kappa shape index (κ2) is 10.7. The molecule has 0 saturated carbocycles. The fourth-order valence-corrected chi connectivity index (χ4v) is 6.52. The van der Waals surface area contributed by atoms with Gasteiger partial charge in [-0.3, -0.25) is 9.36 Å². The monoisotopic (exact) mass is 402 g/mol. The lowest BCUT2D eigenvalue weighted by molar-refractivity contribution is -0.119. The van der Waals surface area contributed by atoms with Gasteiger partial charge in [0, 0.05) is 11.6 Å². The lowest BCUT2D eigenvalue weighted by Gasteiger charge is -2.25. The Morgan fingerprint density at radius 1 is 0.963 bits per heavy atom. The van der Waals surface area contributed by atoms with Gasteiger partial charge in [0.2, 0.25) is 15.3 Å². The van der Waals surface area contributed by atoms with Gasteiger partial charge < -0.3 is 4.21 Å². The fraction of sp³-hybridized carbons (Fsp3) is 0.409. The van der Waals surface area contributed by atoms with E-state index in [0.717, 1.165) is 0 Å². The van der Waals surface area contributed by atoms with Crippen LogP contribution in [0.1, 0.15) is 34.6 Å². The molecule has 3 nitrogen and oxygen atoms in total. The number of rotatable bonds is 6. The molecule has 0 aliphatic carbocycles. The number of carbonyl (C=O) groups is 1. The van der Waals surface area contributed by atoms with Crippen molar-refractivity contribution in [3.63, 3.8) is 0 Å². The van der Waals surface area contributed by atoms with Gasteiger partial charge in [0.25, 0.3) is 7.37 Å². The number of carbonyl (C=O) groups excluding carboxylic acids is 1. The summed E-state index contributed by atoms with van der Waals surface area (Å²) < 4.78 is 17.7. The van der Waals surface area contributed by atoms with E-state index in [9.17, 15) is 9.36 Å². The molecule has 2 radical (unpaired) electrons. The summed E-state index contributed by atoms with van der Waals surface area (Å²) in [4.78, 5) is 12.0. The Labute approximate surface area is 166 Å². The van der Waals surface area contributed by atoms with Crippen molar-refractivity contribution in [3.8, 4) is 11.1 Å². The Morgan fingerprint density at radius 2 is 1.37 bits per heavy atom. The number of benzene rings is 2. The quantitative estimate of drug-likeness (QED) is 0.407. The van der Waals surface area contributed by atoms with Gasteiger partial charge in [-0.25, -0.2) is 0 Å². The topological polar surface area (TPSA) is 43.4 Å². The number of hydrogen-bond donors (Lipinski definition) is 0. The van der Waals surface area contributed by atoms with Crippen LogP contribution in [0.2, 0.25) is 6.55 Å². The highest BCUT2D eigenvalue weighted by molar-refractivity contribution is 7.77. The van der Waals surface area contributed by atoms with E-state index in [1.165, 1.54) is 11.1 Å². The van der Waals surface area contributed by atoms with E-state index in [2.05, 4.69) is 48.5 Å². The van der Waals surface area contributed by atoms with Crippen molar-refractivity contribution in [1.29, 1.82) is 0 Å². The molecule has 0 aliphatic heterocycles. The molecule has 27 heavy (non-hydrogen) atoms. The van der Waals surface area contributed by atoms with E-state index in [1.807, 2.05) is 26.0 Å². The molecular formula is C22H31O3PSi. The summed E-state index contributed by atoms with van der Waals surface area (Å²) in [5.74, 6) is 0.207. The average Bonchev–Trinajstić information content (AvgIpc) is 2.62. The van der Waals surface area contributed by atoms with Crippen LogP contribution >= 0.6 is 7.37 Å². The molecule has 5 heteroatoms. The lowest BCUT2D eigenvalue weighted by Crippen LogP contribution is -2.24. The maximum atomic E-state index is 12.4. The Bertz CT molecular complexity index is 700. The smallest absolute Gasteiger partial charge is 0.257 e. The Balaban J connectivity index is 0.000000274. The molecule has 0 N–H and O–H groups in total. The first-order valence-electron chi connectivity index (χ1n) is 9.20. The predicted molar refractivity (Wildman–Crippen MR) is 116 cm³/mol. The molecule has 1 unspecified atom stereocenters. The van der Waals surface area contributed by atoms with E-state index in [-0.39, 0.29) is 21.2 Å². The van der Waals surface area contributed by atoms with Gasteiger partial charge in [-0.15, -0.1) is 0 Å². The van der Waals surface area contributed by atoms with E-state index in [4.69, 9.17) is 4.21 Å². The summed E-state index contributed by atoms with van der Waals surface area (Å²) in [6.45, 7) is 11.0. The Kier molecular flexibility index (Phi) is 9.38. The minimum absolute atomic E-state index is 0.0966. The summed E-state index contributed by atoms with van der Waals surface area (Å²) in [5, 5.41) is 0. The van der Waals surface area contributed by atoms with Crippen LogP contribution in [0, 0.1) is 11.3 Å². The van der Waals surface area contributed by atoms with Crippen molar-refractivity contribution in [2.24, 2.45) is 11.3 Å². The van der Waals surface area contributed by atoms with Crippen molar-refractivity contribution in [2.45, 2.75) is 41.2 Å². The van der Waals surface area contributed by atoms with Gasteiger partial charge in [-0.2, -0.15) is 0 Å². The van der Waals surface area contributed by atoms with Gasteiger partial charge in [-0.1, -0.05) is 95.3 Å². The number of hydrogen-bond acceptors (Lipinski definition) is 3. The summed E-state index contributed by atoms with van der Waals surface area (Å²) in [7, 11) is -3.02. The third kappa shape index (κ3) is 7.96. The molecule has 2 rings (SSSR count). The Morgan fingerprint density at radius 3 is 1.67 bits per heavy atom. The molecule has 0 fully saturated rings. The van der Waals surface area contributed by atoms with E-state index in [1.54, 1.807) is 27.3 Å². The van der Waals surface area contributed by atoms with Crippen LogP contribution in [-0.2, 0) is 13.6 Å². The molecule has 0 aromatic heterocycles. The predicted octanol–water partition coefficient (Wildman–Crippen LogP) is 6.53. The standard InChI is InChI=1S/C12H10.C10H21O3PSi/c1-3-7-11(8-4-1)12-9-5-2-6-10-12;1-8(2)7-14(12,13-15-6)9(11)10(3,4)5/h1-10H;8H,7H2,1-6H3. The molecule has 1 atom stereocenters. The van der Waals surface area contributed by atoms with Crippen molar-refractivity contribution in [2.75, 3.05) is 6.16 Å². The fourth-order valence-electron chi connectivity index (χ4n) is 2.56. The van der Waals surface area contributed by atoms with Crippen molar-refractivity contribution >= 4 is 22.7 Å². The summed E-state index contributed by atoms with van der Waals surface area (Å²) >= 11 is 0. The van der Waals surface area contributed by atoms with Crippen LogP contribution in [0.3, 0.4) is 0 Å². The van der Waals surface area contributed by atoms with E-state index in [0.29, 0.717) is 6.16 Å². The average molecular weight is 403 g/mol. The van der Waals surface area contributed by atoms with Gasteiger partial charge in [0.1, 0.15) is 0 Å². The van der Waals surface area contributed by atoms with Gasteiger partial charge in [-0.05, 0) is 23.6 Å². The van der Waals surface area contributed by atoms with Crippen molar-refractivity contribution in [1.82, 2.24) is 0 Å². The zero-order valence-corrected chi connectivity index (χ0v) is 19.1. The van der Waals surface area contributed by atoms with Crippen LogP contribution in [0.5, 0.6) is 0 Å². The van der Waals surface area contributed by atoms with Gasteiger partial charge >= 0.3 is 0 Å². The summed E-state index contributed by atoms with van der Waals surface area (Å²) in [6.07, 6.45) is 0.351. The SMILES string of the molecule is C[Si]OP(=O)(CC(C)C)C(=O)C(C)(C)C.c1ccc(-c2ccccc2)cc1. The zero-order chi connectivity index (χ0) is 20.5. The summed E-state index contributed by atoms with van der Waals surface area (Å²) in [5.41, 5.74) is 1.72. The zero-order valence-electron chi connectivity index (χ0n) is 17.2. The molecule has 2 aromatic rings. The second-order valence-corrected chi connectivity index (χ2v) is 11.1. The molecule has 0 aliphatic rings. The van der Waals surface area contributed by atoms with Gasteiger partial charge in [0.15, 0.2) is 0 Å². The molecule has 0 bridgehead atoms. The first-order valence-corrected chi connectivity index (χ1v) is 12.4. The highest BCUT2D eigenvalue weighted by Gasteiger charge is 2.40. The van der Waals surface area contributed by atoms with Crippen LogP contribution in [-0.4, -0.2) is 21.4 Å². The molecule has 0 heterocycles. The Hall–Kier alpha value is -1.48. The highest BCUT2D eigenvalue weighted by atomic mass is 31.2. The van der Waals surface area contributed by atoms with Gasteiger partial charge in [0.05, 0.1) is 0 Å². The maximum Gasteiger partial charge on any atom is 0.257 e. The van der Waals surface area contributed by atoms with Crippen LogP contribution in [0.25, 0.3) is 11.1 Å². The van der Waals surface area contributed by atoms with Crippen LogP contribution in [0.4, 0.5) is 0 Å². The van der Waals surface area contributed by atoms with E-state index < -0.39 is 12.8 Å². The normalized spacial score (nSPS) is 13.4. The molecule has 0 saturated heterocycles. The first kappa shape index (κ1) is 23.6. The molecule has 146 valence electrons. The minimum atomic E-state index is -3.11. The molecular weight excluding hydrogens is 371 g/mol. The third-order valence-corrected chi connectivity index (χ3v) is 8.09.